The summed E-state index contributed by atoms with van der Waals surface area (Å²) in [5.41, 5.74) is 0. The highest BCUT2D eigenvalue weighted by molar-refractivity contribution is 5.66. The third-order valence-electron chi connectivity index (χ3n) is 2.73. The van der Waals surface area contributed by atoms with Gasteiger partial charge in [0.2, 0.25) is 0 Å². The maximum Gasteiger partial charge on any atom is 0.302 e. The number of aliphatic hydroxyl groups is 1. The van der Waals surface area contributed by atoms with Crippen LogP contribution in [0.25, 0.3) is 0 Å². The Bertz CT molecular complexity index is 466. The molecule has 0 aromatic rings. The van der Waals surface area contributed by atoms with Crippen LogP contribution in [0.1, 0.15) is 52.4 Å². The quantitative estimate of drug-likeness (QED) is 0.307. The first-order valence-corrected chi connectivity index (χ1v) is 7.81. The Labute approximate surface area is 134 Å². The van der Waals surface area contributed by atoms with Gasteiger partial charge in [-0.3, -0.25) is 4.79 Å². The lowest BCUT2D eigenvalue weighted by Gasteiger charge is -1.96. The zero-order chi connectivity index (χ0) is 16.5. The summed E-state index contributed by atoms with van der Waals surface area (Å²) in [6.07, 6.45) is 13.3. The number of hydrogen-bond donors (Lipinski definition) is 1. The van der Waals surface area contributed by atoms with Crippen LogP contribution in [0.5, 0.6) is 0 Å². The first-order valence-electron chi connectivity index (χ1n) is 7.81. The van der Waals surface area contributed by atoms with Gasteiger partial charge in [-0.25, -0.2) is 0 Å². The van der Waals surface area contributed by atoms with Crippen LogP contribution in [0.4, 0.5) is 0 Å². The first-order chi connectivity index (χ1) is 10.7. The molecule has 0 aliphatic heterocycles. The summed E-state index contributed by atoms with van der Waals surface area (Å²) in [6.45, 7) is 3.76. The van der Waals surface area contributed by atoms with E-state index < -0.39 is 6.10 Å². The van der Waals surface area contributed by atoms with E-state index in [9.17, 15) is 9.90 Å². The summed E-state index contributed by atoms with van der Waals surface area (Å²) in [6, 6.07) is 0. The molecule has 0 bridgehead atoms. The highest BCUT2D eigenvalue weighted by Crippen LogP contribution is 2.05. The smallest absolute Gasteiger partial charge is 0.302 e. The molecule has 0 radical (unpaired) electrons. The summed E-state index contributed by atoms with van der Waals surface area (Å²) in [4.78, 5) is 10.5. The fraction of sp³-hybridized carbons (Fsp3) is 0.526. The molecule has 0 amide bonds. The lowest BCUT2D eigenvalue weighted by Crippen LogP contribution is -1.97. The van der Waals surface area contributed by atoms with Crippen molar-refractivity contribution < 1.29 is 14.6 Å². The third kappa shape index (κ3) is 16.1. The minimum atomic E-state index is -0.769. The molecule has 0 saturated carbocycles. The molecule has 0 aliphatic carbocycles. The SMILES string of the molecule is CCCCCCC/C=C\[C@H](O)C#CC#C/C=C/COC(C)=O. The third-order valence-corrected chi connectivity index (χ3v) is 2.73. The number of aliphatic hydroxyl groups excluding tert-OH is 1. The van der Waals surface area contributed by atoms with Crippen molar-refractivity contribution in [3.8, 4) is 23.7 Å². The highest BCUT2D eigenvalue weighted by Gasteiger charge is 1.90. The normalized spacial score (nSPS) is 11.6. The predicted octanol–water partition coefficient (Wildman–Crippen LogP) is 3.39. The number of esters is 1. The van der Waals surface area contributed by atoms with E-state index in [0.717, 1.165) is 12.8 Å². The lowest BCUT2D eigenvalue weighted by atomic mass is 10.1. The van der Waals surface area contributed by atoms with Crippen LogP contribution < -0.4 is 0 Å². The van der Waals surface area contributed by atoms with E-state index >= 15 is 0 Å². The van der Waals surface area contributed by atoms with Gasteiger partial charge >= 0.3 is 5.97 Å². The van der Waals surface area contributed by atoms with Crippen molar-refractivity contribution in [2.24, 2.45) is 0 Å². The molecule has 0 aromatic carbocycles. The molecular formula is C19H26O3. The number of ether oxygens (including phenoxy) is 1. The second kappa shape index (κ2) is 15.4. The fourth-order valence-electron chi connectivity index (χ4n) is 1.60. The van der Waals surface area contributed by atoms with Crippen molar-refractivity contribution in [3.63, 3.8) is 0 Å². The van der Waals surface area contributed by atoms with Crippen molar-refractivity contribution in [1.29, 1.82) is 0 Å². The van der Waals surface area contributed by atoms with Gasteiger partial charge in [0.05, 0.1) is 0 Å². The molecule has 22 heavy (non-hydrogen) atoms. The molecule has 0 aromatic heterocycles. The molecule has 0 aliphatic rings. The minimum Gasteiger partial charge on any atom is -0.462 e. The fourth-order valence-corrected chi connectivity index (χ4v) is 1.60. The average Bonchev–Trinajstić information content (AvgIpc) is 2.48. The van der Waals surface area contributed by atoms with Gasteiger partial charge in [0.15, 0.2) is 0 Å². The number of rotatable bonds is 9. The largest absolute Gasteiger partial charge is 0.462 e. The summed E-state index contributed by atoms with van der Waals surface area (Å²) in [5.74, 6) is 10.2. The topological polar surface area (TPSA) is 46.5 Å². The van der Waals surface area contributed by atoms with Gasteiger partial charge in [-0.15, -0.1) is 0 Å². The van der Waals surface area contributed by atoms with Gasteiger partial charge in [0, 0.05) is 6.92 Å². The monoisotopic (exact) mass is 302 g/mol. The highest BCUT2D eigenvalue weighted by atomic mass is 16.5. The van der Waals surface area contributed by atoms with E-state index in [1.807, 2.05) is 6.08 Å². The summed E-state index contributed by atoms with van der Waals surface area (Å²) >= 11 is 0. The maximum absolute atomic E-state index is 10.5. The van der Waals surface area contributed by atoms with Crippen molar-refractivity contribution in [2.45, 2.75) is 58.5 Å². The first kappa shape index (κ1) is 20.0. The average molecular weight is 302 g/mol. The Balaban J connectivity index is 3.79. The minimum absolute atomic E-state index is 0.209. The molecule has 120 valence electrons. The van der Waals surface area contributed by atoms with E-state index in [-0.39, 0.29) is 12.6 Å². The Morgan fingerprint density at radius 2 is 1.95 bits per heavy atom. The number of carbonyl (C=O) groups excluding carboxylic acids is 1. The molecule has 0 fully saturated rings. The van der Waals surface area contributed by atoms with Gasteiger partial charge < -0.3 is 9.84 Å². The summed E-state index contributed by atoms with van der Waals surface area (Å²) in [7, 11) is 0. The van der Waals surface area contributed by atoms with Crippen LogP contribution in [0.2, 0.25) is 0 Å². The number of allylic oxidation sites excluding steroid dienone is 2. The van der Waals surface area contributed by atoms with E-state index in [1.165, 1.54) is 32.6 Å². The predicted molar refractivity (Wildman–Crippen MR) is 89.8 cm³/mol. The number of carbonyl (C=O) groups is 1. The number of unbranched alkanes of at least 4 members (excludes halogenated alkanes) is 5. The molecular weight excluding hydrogens is 276 g/mol. The Morgan fingerprint density at radius 3 is 2.68 bits per heavy atom. The van der Waals surface area contributed by atoms with E-state index in [1.54, 1.807) is 18.2 Å². The molecule has 3 heteroatoms. The van der Waals surface area contributed by atoms with E-state index in [2.05, 4.69) is 30.6 Å². The lowest BCUT2D eigenvalue weighted by molar-refractivity contribution is -0.139. The van der Waals surface area contributed by atoms with Gasteiger partial charge in [0.1, 0.15) is 12.7 Å². The summed E-state index contributed by atoms with van der Waals surface area (Å²) < 4.78 is 4.69. The maximum atomic E-state index is 10.5. The van der Waals surface area contributed by atoms with Crippen molar-refractivity contribution >= 4 is 5.97 Å². The Morgan fingerprint density at radius 1 is 1.18 bits per heavy atom. The standard InChI is InChI=1S/C19H26O3/c1-3-4-5-6-7-9-12-15-19(21)16-13-10-8-11-14-17-22-18(2)20/h11-12,14-15,19,21H,3-7,9,17H2,1-2H3/b14-11+,15-12-/t19-/m0/s1. The molecule has 3 nitrogen and oxygen atoms in total. The van der Waals surface area contributed by atoms with Crippen LogP contribution in [-0.4, -0.2) is 23.8 Å². The zero-order valence-corrected chi connectivity index (χ0v) is 13.6. The molecule has 0 spiro atoms. The second-order valence-corrected chi connectivity index (χ2v) is 4.82. The molecule has 0 saturated heterocycles. The Hall–Kier alpha value is -1.97. The molecule has 0 rings (SSSR count). The second-order valence-electron chi connectivity index (χ2n) is 4.82. The van der Waals surface area contributed by atoms with Crippen LogP contribution in [0.3, 0.4) is 0 Å². The van der Waals surface area contributed by atoms with Crippen molar-refractivity contribution in [2.75, 3.05) is 6.61 Å². The van der Waals surface area contributed by atoms with Crippen LogP contribution >= 0.6 is 0 Å². The summed E-state index contributed by atoms with van der Waals surface area (Å²) in [5, 5.41) is 9.59. The van der Waals surface area contributed by atoms with Crippen LogP contribution in [0.15, 0.2) is 24.3 Å². The number of hydrogen-bond acceptors (Lipinski definition) is 3. The van der Waals surface area contributed by atoms with Gasteiger partial charge in [-0.2, -0.15) is 0 Å². The van der Waals surface area contributed by atoms with E-state index in [4.69, 9.17) is 4.74 Å². The van der Waals surface area contributed by atoms with Gasteiger partial charge in [-0.1, -0.05) is 50.5 Å². The molecule has 1 N–H and O–H groups in total. The van der Waals surface area contributed by atoms with E-state index in [0.29, 0.717) is 0 Å². The van der Waals surface area contributed by atoms with Crippen molar-refractivity contribution in [3.05, 3.63) is 24.3 Å². The molecule has 0 heterocycles. The van der Waals surface area contributed by atoms with Crippen LogP contribution in [-0.2, 0) is 9.53 Å². The van der Waals surface area contributed by atoms with Gasteiger partial charge in [0.25, 0.3) is 0 Å². The Kier molecular flexibility index (Phi) is 14.0. The molecule has 0 unspecified atom stereocenters. The molecule has 1 atom stereocenters. The van der Waals surface area contributed by atoms with Gasteiger partial charge in [-0.05, 0) is 42.9 Å². The van der Waals surface area contributed by atoms with Crippen LogP contribution in [0, 0.1) is 23.7 Å². The van der Waals surface area contributed by atoms with Crippen molar-refractivity contribution in [1.82, 2.24) is 0 Å². The zero-order valence-electron chi connectivity index (χ0n) is 13.6.